The first-order valence-corrected chi connectivity index (χ1v) is 10.9. The van der Waals surface area contributed by atoms with Crippen LogP contribution in [0.5, 0.6) is 0 Å². The Bertz CT molecular complexity index is 1450. The number of urea groups is 1. The number of benzene rings is 2. The zero-order chi connectivity index (χ0) is 25.9. The lowest BCUT2D eigenvalue weighted by Crippen LogP contribution is -2.46. The molecule has 36 heavy (non-hydrogen) atoms. The van der Waals surface area contributed by atoms with Gasteiger partial charge in [0.2, 0.25) is 0 Å². The smallest absolute Gasteiger partial charge is 0.383 e. The summed E-state index contributed by atoms with van der Waals surface area (Å²) in [5.74, 6) is -3.22. The molecule has 1 atom stereocenters. The summed E-state index contributed by atoms with van der Waals surface area (Å²) in [6.45, 7) is 0.250. The standard InChI is InChI=1S/C23H15ClF5N5O2/c24-15-2-1-11(25)8-14(15)17-16-18-13(3-4-34(18)22(36)31-17)19(30)32-20(16)33-21(35)9-5-10(23(27,28)29)7-12(26)6-9/h1-2,5-8,17H,3-4H2,(H,31,36)(H3,30,32,33,35). The molecule has 1 unspecified atom stereocenters. The van der Waals surface area contributed by atoms with Crippen LogP contribution in [0.3, 0.4) is 0 Å². The molecule has 0 spiro atoms. The SMILES string of the molecule is Nc1nc(NC(=O)c2cc(F)cc(C(F)(F)F)c2)c2c3c1CCN3C(=O)NC2c1cc(F)ccc1Cl. The number of hydrogen-bond acceptors (Lipinski definition) is 4. The molecule has 3 amide bonds. The number of rotatable bonds is 3. The van der Waals surface area contributed by atoms with Crippen LogP contribution in [-0.2, 0) is 12.6 Å². The van der Waals surface area contributed by atoms with Crippen LogP contribution in [0, 0.1) is 11.6 Å². The third-order valence-electron chi connectivity index (χ3n) is 5.98. The molecular weight excluding hydrogens is 509 g/mol. The predicted octanol–water partition coefficient (Wildman–Crippen LogP) is 5.04. The van der Waals surface area contributed by atoms with Crippen molar-refractivity contribution in [2.24, 2.45) is 0 Å². The van der Waals surface area contributed by atoms with Crippen molar-refractivity contribution in [3.63, 3.8) is 0 Å². The molecule has 3 aromatic rings. The Hall–Kier alpha value is -3.93. The maximum atomic E-state index is 14.1. The Balaban J connectivity index is 1.65. The number of alkyl halides is 3. The molecule has 0 radical (unpaired) electrons. The van der Waals surface area contributed by atoms with Gasteiger partial charge in [0.15, 0.2) is 0 Å². The van der Waals surface area contributed by atoms with E-state index >= 15 is 0 Å². The van der Waals surface area contributed by atoms with E-state index in [1.165, 1.54) is 11.0 Å². The van der Waals surface area contributed by atoms with E-state index in [0.717, 1.165) is 12.1 Å². The van der Waals surface area contributed by atoms with Gasteiger partial charge in [-0.15, -0.1) is 0 Å². The van der Waals surface area contributed by atoms with E-state index in [1.807, 2.05) is 0 Å². The molecule has 7 nitrogen and oxygen atoms in total. The molecule has 2 aliphatic heterocycles. The van der Waals surface area contributed by atoms with E-state index in [0.29, 0.717) is 29.8 Å². The second-order valence-electron chi connectivity index (χ2n) is 8.22. The lowest BCUT2D eigenvalue weighted by atomic mass is 9.93. The number of aromatic nitrogens is 1. The number of hydrogen-bond donors (Lipinski definition) is 3. The van der Waals surface area contributed by atoms with Crippen molar-refractivity contribution < 1.29 is 31.5 Å². The topological polar surface area (TPSA) is 100 Å². The molecule has 0 aliphatic carbocycles. The Morgan fingerprint density at radius 3 is 2.64 bits per heavy atom. The fraction of sp³-hybridized carbons (Fsp3) is 0.174. The van der Waals surface area contributed by atoms with Crippen molar-refractivity contribution >= 4 is 40.9 Å². The van der Waals surface area contributed by atoms with Crippen molar-refractivity contribution in [1.29, 1.82) is 0 Å². The highest BCUT2D eigenvalue weighted by Crippen LogP contribution is 2.47. The van der Waals surface area contributed by atoms with E-state index in [9.17, 15) is 31.5 Å². The maximum Gasteiger partial charge on any atom is 0.416 e. The summed E-state index contributed by atoms with van der Waals surface area (Å²) in [6, 6.07) is 3.33. The minimum atomic E-state index is -4.89. The lowest BCUT2D eigenvalue weighted by molar-refractivity contribution is -0.137. The van der Waals surface area contributed by atoms with Gasteiger partial charge in [0.05, 0.1) is 17.3 Å². The Kier molecular flexibility index (Phi) is 5.51. The molecule has 5 rings (SSSR count). The highest BCUT2D eigenvalue weighted by Gasteiger charge is 2.41. The number of nitrogens with zero attached hydrogens (tertiary/aromatic N) is 2. The highest BCUT2D eigenvalue weighted by atomic mass is 35.5. The number of nitrogens with one attached hydrogen (secondary N) is 2. The Labute approximate surface area is 205 Å². The van der Waals surface area contributed by atoms with Gasteiger partial charge in [0, 0.05) is 33.8 Å². The number of nitrogen functional groups attached to an aromatic ring is 1. The molecule has 4 N–H and O–H groups in total. The third-order valence-corrected chi connectivity index (χ3v) is 6.33. The summed E-state index contributed by atoms with van der Waals surface area (Å²) in [6.07, 6.45) is -4.53. The van der Waals surface area contributed by atoms with E-state index in [1.54, 1.807) is 0 Å². The molecule has 0 bridgehead atoms. The quantitative estimate of drug-likeness (QED) is 0.419. The minimum absolute atomic E-state index is 0.0134. The minimum Gasteiger partial charge on any atom is -0.383 e. The van der Waals surface area contributed by atoms with Crippen LogP contribution >= 0.6 is 11.6 Å². The number of carbonyl (C=O) groups is 2. The first kappa shape index (κ1) is 23.8. The van der Waals surface area contributed by atoms with Crippen LogP contribution in [0.4, 0.5) is 44.1 Å². The fourth-order valence-corrected chi connectivity index (χ4v) is 4.64. The van der Waals surface area contributed by atoms with Gasteiger partial charge in [-0.05, 0) is 42.8 Å². The van der Waals surface area contributed by atoms with Crippen molar-refractivity contribution in [2.75, 3.05) is 22.5 Å². The predicted molar refractivity (Wildman–Crippen MR) is 121 cm³/mol. The molecule has 0 saturated heterocycles. The third kappa shape index (κ3) is 3.96. The van der Waals surface area contributed by atoms with E-state index in [2.05, 4.69) is 15.6 Å². The van der Waals surface area contributed by atoms with Gasteiger partial charge < -0.3 is 16.4 Å². The van der Waals surface area contributed by atoms with E-state index < -0.39 is 46.9 Å². The summed E-state index contributed by atoms with van der Waals surface area (Å²) in [7, 11) is 0. The van der Waals surface area contributed by atoms with Crippen molar-refractivity contribution in [3.05, 3.63) is 80.9 Å². The lowest BCUT2D eigenvalue weighted by Gasteiger charge is -2.34. The normalized spacial score (nSPS) is 16.6. The number of amides is 3. The van der Waals surface area contributed by atoms with Gasteiger partial charge >= 0.3 is 12.2 Å². The van der Waals surface area contributed by atoms with Gasteiger partial charge in [-0.1, -0.05) is 11.6 Å². The molecule has 13 heteroatoms. The number of pyridine rings is 1. The summed E-state index contributed by atoms with van der Waals surface area (Å²) in [4.78, 5) is 31.3. The molecule has 0 saturated carbocycles. The van der Waals surface area contributed by atoms with Crippen LogP contribution in [-0.4, -0.2) is 23.5 Å². The van der Waals surface area contributed by atoms with Crippen LogP contribution in [0.15, 0.2) is 36.4 Å². The first-order chi connectivity index (χ1) is 16.9. The second kappa shape index (κ2) is 8.33. The van der Waals surface area contributed by atoms with Crippen molar-refractivity contribution in [2.45, 2.75) is 18.6 Å². The first-order valence-electron chi connectivity index (χ1n) is 10.5. The molecule has 2 aliphatic rings. The van der Waals surface area contributed by atoms with Crippen LogP contribution in [0.1, 0.15) is 38.7 Å². The number of anilines is 3. The largest absolute Gasteiger partial charge is 0.416 e. The van der Waals surface area contributed by atoms with Gasteiger partial charge in [-0.2, -0.15) is 13.2 Å². The monoisotopic (exact) mass is 523 g/mol. The van der Waals surface area contributed by atoms with Crippen molar-refractivity contribution in [1.82, 2.24) is 10.3 Å². The molecule has 1 aromatic heterocycles. The average molecular weight is 524 g/mol. The number of halogens is 6. The fourth-order valence-electron chi connectivity index (χ4n) is 4.41. The summed E-state index contributed by atoms with van der Waals surface area (Å²) < 4.78 is 67.4. The van der Waals surface area contributed by atoms with Crippen LogP contribution < -0.4 is 21.3 Å². The molecule has 0 fully saturated rings. The summed E-state index contributed by atoms with van der Waals surface area (Å²) in [5.41, 5.74) is 5.32. The highest BCUT2D eigenvalue weighted by molar-refractivity contribution is 6.31. The Morgan fingerprint density at radius 2 is 1.92 bits per heavy atom. The summed E-state index contributed by atoms with van der Waals surface area (Å²) >= 11 is 6.29. The molecule has 3 heterocycles. The maximum absolute atomic E-state index is 14.1. The zero-order valence-electron chi connectivity index (χ0n) is 18.0. The van der Waals surface area contributed by atoms with Gasteiger partial charge in [-0.25, -0.2) is 18.6 Å². The van der Waals surface area contributed by atoms with Gasteiger partial charge in [0.1, 0.15) is 23.3 Å². The number of carbonyl (C=O) groups excluding carboxylic acids is 2. The van der Waals surface area contributed by atoms with Gasteiger partial charge in [-0.3, -0.25) is 9.69 Å². The zero-order valence-corrected chi connectivity index (χ0v) is 18.8. The molecular formula is C23H15ClF5N5O2. The van der Waals surface area contributed by atoms with Crippen LogP contribution in [0.2, 0.25) is 5.02 Å². The Morgan fingerprint density at radius 1 is 1.17 bits per heavy atom. The van der Waals surface area contributed by atoms with E-state index in [-0.39, 0.29) is 40.4 Å². The van der Waals surface area contributed by atoms with Crippen LogP contribution in [0.25, 0.3) is 0 Å². The second-order valence-corrected chi connectivity index (χ2v) is 8.62. The van der Waals surface area contributed by atoms with Gasteiger partial charge in [0.25, 0.3) is 5.91 Å². The van der Waals surface area contributed by atoms with Crippen molar-refractivity contribution in [3.8, 4) is 0 Å². The molecule has 2 aromatic carbocycles. The van der Waals surface area contributed by atoms with E-state index in [4.69, 9.17) is 17.3 Å². The summed E-state index contributed by atoms with van der Waals surface area (Å²) in [5, 5.41) is 5.18. The number of nitrogens with two attached hydrogens (primary N) is 1. The molecule has 186 valence electrons. The average Bonchev–Trinajstić information content (AvgIpc) is 3.25.